The van der Waals surface area contributed by atoms with Crippen molar-refractivity contribution < 1.29 is 14.7 Å². The van der Waals surface area contributed by atoms with E-state index in [1.54, 1.807) is 6.07 Å². The van der Waals surface area contributed by atoms with Crippen molar-refractivity contribution in [3.05, 3.63) is 39.4 Å². The van der Waals surface area contributed by atoms with Gasteiger partial charge in [0, 0.05) is 12.0 Å². The van der Waals surface area contributed by atoms with Gasteiger partial charge in [-0.2, -0.15) is 0 Å². The maximum absolute atomic E-state index is 10.3. The first-order valence-electron chi connectivity index (χ1n) is 7.67. The van der Waals surface area contributed by atoms with E-state index in [1.807, 2.05) is 19.1 Å². The summed E-state index contributed by atoms with van der Waals surface area (Å²) in [6.07, 6.45) is 1.15. The van der Waals surface area contributed by atoms with Gasteiger partial charge in [0.15, 0.2) is 0 Å². The SMILES string of the molecule is CCC(=NOC)C1=C(c2ccc(Cl)c(Cl)c2)CC2CC(O)[C@@H]1O2. The van der Waals surface area contributed by atoms with E-state index in [9.17, 15) is 5.11 Å². The van der Waals surface area contributed by atoms with Crippen LogP contribution in [0.15, 0.2) is 28.9 Å². The van der Waals surface area contributed by atoms with Gasteiger partial charge in [-0.15, -0.1) is 0 Å². The summed E-state index contributed by atoms with van der Waals surface area (Å²) in [7, 11) is 1.52. The van der Waals surface area contributed by atoms with Gasteiger partial charge in [-0.25, -0.2) is 0 Å². The first-order chi connectivity index (χ1) is 11.0. The summed E-state index contributed by atoms with van der Waals surface area (Å²) < 4.78 is 5.95. The largest absolute Gasteiger partial charge is 0.399 e. The quantitative estimate of drug-likeness (QED) is 0.653. The minimum Gasteiger partial charge on any atom is -0.399 e. The molecule has 1 N–H and O–H groups in total. The fourth-order valence-electron chi connectivity index (χ4n) is 3.36. The second-order valence-electron chi connectivity index (χ2n) is 5.78. The Labute approximate surface area is 145 Å². The zero-order valence-electron chi connectivity index (χ0n) is 13.1. The highest BCUT2D eigenvalue weighted by Gasteiger charge is 2.43. The molecule has 0 radical (unpaired) electrons. The summed E-state index contributed by atoms with van der Waals surface area (Å²) in [6, 6.07) is 5.59. The molecule has 1 aromatic rings. The van der Waals surface area contributed by atoms with Gasteiger partial charge in [-0.05, 0) is 36.1 Å². The number of benzene rings is 1. The summed E-state index contributed by atoms with van der Waals surface area (Å²) >= 11 is 12.2. The Morgan fingerprint density at radius 2 is 2.17 bits per heavy atom. The van der Waals surface area contributed by atoms with E-state index in [-0.39, 0.29) is 12.2 Å². The van der Waals surface area contributed by atoms with Gasteiger partial charge in [0.1, 0.15) is 13.2 Å². The number of halogens is 2. The lowest BCUT2D eigenvalue weighted by atomic mass is 9.88. The van der Waals surface area contributed by atoms with Crippen LogP contribution in [0.5, 0.6) is 0 Å². The molecular weight excluding hydrogens is 337 g/mol. The number of aliphatic hydroxyl groups is 1. The fourth-order valence-corrected chi connectivity index (χ4v) is 3.66. The summed E-state index contributed by atoms with van der Waals surface area (Å²) in [5.74, 6) is 0. The zero-order valence-corrected chi connectivity index (χ0v) is 14.6. The number of fused-ring (bicyclic) bond motifs is 2. The van der Waals surface area contributed by atoms with Crippen LogP contribution in [0.1, 0.15) is 31.7 Å². The van der Waals surface area contributed by atoms with E-state index in [2.05, 4.69) is 5.16 Å². The molecule has 3 atom stereocenters. The molecule has 2 bridgehead atoms. The first-order valence-corrected chi connectivity index (χ1v) is 8.43. The third-order valence-electron chi connectivity index (χ3n) is 4.35. The second kappa shape index (κ2) is 6.81. The molecule has 0 spiro atoms. The smallest absolute Gasteiger partial charge is 0.111 e. The molecule has 0 amide bonds. The van der Waals surface area contributed by atoms with Crippen molar-refractivity contribution >= 4 is 34.5 Å². The molecule has 3 rings (SSSR count). The summed E-state index contributed by atoms with van der Waals surface area (Å²) in [5.41, 5.74) is 3.78. The van der Waals surface area contributed by atoms with Crippen LogP contribution in [-0.4, -0.2) is 36.2 Å². The van der Waals surface area contributed by atoms with Gasteiger partial charge in [0.2, 0.25) is 0 Å². The van der Waals surface area contributed by atoms with Gasteiger partial charge in [0.05, 0.1) is 28.0 Å². The predicted octanol–water partition coefficient (Wildman–Crippen LogP) is 4.08. The van der Waals surface area contributed by atoms with Gasteiger partial charge < -0.3 is 14.7 Å². The molecule has 1 aromatic carbocycles. The topological polar surface area (TPSA) is 51.0 Å². The molecule has 2 aliphatic heterocycles. The third-order valence-corrected chi connectivity index (χ3v) is 5.09. The minimum absolute atomic E-state index is 0.0175. The Kier molecular flexibility index (Phi) is 4.97. The summed E-state index contributed by atoms with van der Waals surface area (Å²) in [6.45, 7) is 2.00. The monoisotopic (exact) mass is 355 g/mol. The van der Waals surface area contributed by atoms with Crippen LogP contribution in [-0.2, 0) is 9.57 Å². The molecule has 0 saturated carbocycles. The molecule has 1 fully saturated rings. The van der Waals surface area contributed by atoms with Crippen molar-refractivity contribution in [1.29, 1.82) is 0 Å². The van der Waals surface area contributed by atoms with Crippen LogP contribution in [0.2, 0.25) is 10.0 Å². The molecular formula is C17H19Cl2NO3. The number of rotatable bonds is 4. The molecule has 4 nitrogen and oxygen atoms in total. The first kappa shape index (κ1) is 16.8. The number of oxime groups is 1. The lowest BCUT2D eigenvalue weighted by Crippen LogP contribution is -2.31. The van der Waals surface area contributed by atoms with Crippen molar-refractivity contribution in [3.63, 3.8) is 0 Å². The number of ether oxygens (including phenoxy) is 1. The van der Waals surface area contributed by atoms with Crippen LogP contribution in [0.3, 0.4) is 0 Å². The predicted molar refractivity (Wildman–Crippen MR) is 92.0 cm³/mol. The van der Waals surface area contributed by atoms with Crippen molar-refractivity contribution in [2.24, 2.45) is 5.16 Å². The Hall–Kier alpha value is -1.07. The second-order valence-corrected chi connectivity index (χ2v) is 6.60. The lowest BCUT2D eigenvalue weighted by Gasteiger charge is -2.28. The standard InChI is InChI=1S/C17H19Cl2NO3/c1-3-14(20-22-2)16-11(7-10-8-15(21)17(16)23-10)9-4-5-12(18)13(19)6-9/h4-6,10,15,17,21H,3,7-8H2,1-2H3/t10?,15?,17-/m0/s1. The van der Waals surface area contributed by atoms with E-state index < -0.39 is 6.10 Å². The van der Waals surface area contributed by atoms with Crippen LogP contribution in [0.25, 0.3) is 5.57 Å². The van der Waals surface area contributed by atoms with E-state index >= 15 is 0 Å². The lowest BCUT2D eigenvalue weighted by molar-refractivity contribution is 0.0313. The van der Waals surface area contributed by atoms with E-state index in [0.29, 0.717) is 29.3 Å². The maximum Gasteiger partial charge on any atom is 0.111 e. The molecule has 0 aromatic heterocycles. The Balaban J connectivity index is 2.16. The Morgan fingerprint density at radius 3 is 2.83 bits per heavy atom. The van der Waals surface area contributed by atoms with Gasteiger partial charge in [-0.3, -0.25) is 0 Å². The van der Waals surface area contributed by atoms with Crippen molar-refractivity contribution in [3.8, 4) is 0 Å². The molecule has 0 aliphatic carbocycles. The molecule has 1 saturated heterocycles. The fraction of sp³-hybridized carbons (Fsp3) is 0.471. The average molecular weight is 356 g/mol. The van der Waals surface area contributed by atoms with Crippen molar-refractivity contribution in [2.45, 2.75) is 44.5 Å². The van der Waals surface area contributed by atoms with E-state index in [4.69, 9.17) is 32.8 Å². The van der Waals surface area contributed by atoms with Crippen LogP contribution in [0, 0.1) is 0 Å². The zero-order chi connectivity index (χ0) is 16.6. The van der Waals surface area contributed by atoms with Gasteiger partial charge in [-0.1, -0.05) is 41.3 Å². The molecule has 23 heavy (non-hydrogen) atoms. The number of nitrogens with zero attached hydrogens (tertiary/aromatic N) is 1. The minimum atomic E-state index is -0.524. The number of aliphatic hydroxyl groups excluding tert-OH is 1. The molecule has 124 valence electrons. The highest BCUT2D eigenvalue weighted by molar-refractivity contribution is 6.42. The summed E-state index contributed by atoms with van der Waals surface area (Å²) in [5, 5.41) is 15.5. The normalized spacial score (nSPS) is 27.5. The van der Waals surface area contributed by atoms with Crippen LogP contribution >= 0.6 is 23.2 Å². The highest BCUT2D eigenvalue weighted by Crippen LogP contribution is 2.43. The molecule has 2 aliphatic rings. The van der Waals surface area contributed by atoms with E-state index in [0.717, 1.165) is 22.4 Å². The number of hydrogen-bond acceptors (Lipinski definition) is 4. The summed E-state index contributed by atoms with van der Waals surface area (Å²) in [4.78, 5) is 4.99. The average Bonchev–Trinajstić information content (AvgIpc) is 2.83. The highest BCUT2D eigenvalue weighted by atomic mass is 35.5. The molecule has 2 heterocycles. The molecule has 6 heteroatoms. The van der Waals surface area contributed by atoms with E-state index in [1.165, 1.54) is 7.11 Å². The van der Waals surface area contributed by atoms with Crippen LogP contribution in [0.4, 0.5) is 0 Å². The Morgan fingerprint density at radius 1 is 1.39 bits per heavy atom. The van der Waals surface area contributed by atoms with Crippen molar-refractivity contribution in [2.75, 3.05) is 7.11 Å². The Bertz CT molecular complexity index is 672. The van der Waals surface area contributed by atoms with Gasteiger partial charge in [0.25, 0.3) is 0 Å². The number of hydrogen-bond donors (Lipinski definition) is 1. The molecule has 2 unspecified atom stereocenters. The van der Waals surface area contributed by atoms with Crippen LogP contribution < -0.4 is 0 Å². The maximum atomic E-state index is 10.3. The van der Waals surface area contributed by atoms with Gasteiger partial charge >= 0.3 is 0 Å². The van der Waals surface area contributed by atoms with Crippen molar-refractivity contribution in [1.82, 2.24) is 0 Å². The third kappa shape index (κ3) is 3.13.